The lowest BCUT2D eigenvalue weighted by atomic mass is 9.72. The van der Waals surface area contributed by atoms with Crippen LogP contribution in [-0.2, 0) is 19.1 Å². The molecule has 3 aromatic rings. The Morgan fingerprint density at radius 2 is 2.00 bits per heavy atom. The van der Waals surface area contributed by atoms with Crippen LogP contribution in [0.25, 0.3) is 21.6 Å². The van der Waals surface area contributed by atoms with E-state index in [1.807, 2.05) is 41.8 Å². The second-order valence-electron chi connectivity index (χ2n) is 11.1. The van der Waals surface area contributed by atoms with Crippen molar-refractivity contribution in [3.63, 3.8) is 0 Å². The molecule has 11 heteroatoms. The molecule has 1 N–H and O–H groups in total. The smallest absolute Gasteiger partial charge is 0.314 e. The van der Waals surface area contributed by atoms with E-state index in [4.69, 9.17) is 19.9 Å². The van der Waals surface area contributed by atoms with Crippen molar-refractivity contribution in [2.45, 2.75) is 57.1 Å². The van der Waals surface area contributed by atoms with Crippen LogP contribution < -0.4 is 4.74 Å². The normalized spacial score (nSPS) is 25.6. The van der Waals surface area contributed by atoms with Crippen LogP contribution in [0.4, 0.5) is 0 Å². The van der Waals surface area contributed by atoms with Gasteiger partial charge in [0.1, 0.15) is 17.9 Å². The first-order chi connectivity index (χ1) is 20.9. The Hall–Kier alpha value is -4.25. The number of nitrogens with zero attached hydrogens (tertiary/aromatic N) is 4. The van der Waals surface area contributed by atoms with E-state index in [-0.39, 0.29) is 24.6 Å². The fourth-order valence-electron chi connectivity index (χ4n) is 5.95. The van der Waals surface area contributed by atoms with E-state index in [1.54, 1.807) is 6.20 Å². The molecular weight excluding hydrogens is 566 g/mol. The molecule has 1 aliphatic carbocycles. The number of pyridine rings is 2. The molecule has 222 valence electrons. The number of nitrogens with one attached hydrogen (secondary N) is 1. The monoisotopic (exact) mass is 599 g/mol. The molecule has 1 unspecified atom stereocenters. The van der Waals surface area contributed by atoms with Gasteiger partial charge in [-0.3, -0.25) is 24.8 Å². The van der Waals surface area contributed by atoms with Crippen LogP contribution in [0.15, 0.2) is 59.1 Å². The molecule has 2 fully saturated rings. The fourth-order valence-corrected chi connectivity index (χ4v) is 6.75. The predicted molar refractivity (Wildman–Crippen MR) is 163 cm³/mol. The fraction of sp³-hybridized carbons (Fsp3) is 0.406. The Labute approximate surface area is 253 Å². The highest BCUT2D eigenvalue weighted by molar-refractivity contribution is 7.17. The number of ether oxygens (including phenoxy) is 2. The third-order valence-electron chi connectivity index (χ3n) is 8.28. The van der Waals surface area contributed by atoms with Crippen LogP contribution in [0.2, 0.25) is 0 Å². The van der Waals surface area contributed by atoms with Crippen molar-refractivity contribution in [2.24, 2.45) is 16.8 Å². The van der Waals surface area contributed by atoms with E-state index in [1.165, 1.54) is 23.3 Å². The van der Waals surface area contributed by atoms with Gasteiger partial charge in [-0.15, -0.1) is 11.3 Å². The molecule has 43 heavy (non-hydrogen) atoms. The van der Waals surface area contributed by atoms with Crippen LogP contribution in [0, 0.1) is 17.2 Å². The van der Waals surface area contributed by atoms with Gasteiger partial charge < -0.3 is 14.4 Å². The number of amides is 2. The molecule has 1 saturated carbocycles. The summed E-state index contributed by atoms with van der Waals surface area (Å²) in [7, 11) is 1.33. The van der Waals surface area contributed by atoms with Gasteiger partial charge in [-0.25, -0.2) is 9.98 Å². The van der Waals surface area contributed by atoms with Crippen molar-refractivity contribution in [3.05, 3.63) is 54.1 Å². The summed E-state index contributed by atoms with van der Waals surface area (Å²) in [5.74, 6) is -1.50. The zero-order valence-corrected chi connectivity index (χ0v) is 24.7. The summed E-state index contributed by atoms with van der Waals surface area (Å²) in [5, 5.41) is 10.5. The first-order valence-corrected chi connectivity index (χ1v) is 15.5. The second-order valence-corrected chi connectivity index (χ2v) is 12.0. The van der Waals surface area contributed by atoms with Gasteiger partial charge in [-0.2, -0.15) is 0 Å². The minimum absolute atomic E-state index is 0.0209. The number of fused-ring (bicyclic) bond motifs is 3. The second kappa shape index (κ2) is 12.5. The highest BCUT2D eigenvalue weighted by Gasteiger charge is 2.45. The van der Waals surface area contributed by atoms with E-state index >= 15 is 0 Å². The van der Waals surface area contributed by atoms with Gasteiger partial charge in [0.25, 0.3) is 11.8 Å². The minimum Gasteiger partial charge on any atom is -0.487 e. The van der Waals surface area contributed by atoms with Crippen molar-refractivity contribution < 1.29 is 23.9 Å². The summed E-state index contributed by atoms with van der Waals surface area (Å²) in [6, 6.07) is 8.47. The summed E-state index contributed by atoms with van der Waals surface area (Å²) >= 11 is 1.50. The van der Waals surface area contributed by atoms with E-state index in [0.717, 1.165) is 35.9 Å². The Morgan fingerprint density at radius 3 is 2.81 bits per heavy atom. The maximum atomic E-state index is 13.7. The van der Waals surface area contributed by atoms with Gasteiger partial charge in [0.2, 0.25) is 0 Å². The number of aliphatic imine (C=N–C) groups is 1. The molecule has 3 aliphatic rings. The lowest BCUT2D eigenvalue weighted by molar-refractivity contribution is -0.144. The Balaban J connectivity index is 1.31. The highest BCUT2D eigenvalue weighted by Crippen LogP contribution is 2.37. The average molecular weight is 600 g/mol. The summed E-state index contributed by atoms with van der Waals surface area (Å²) in [5.41, 5.74) is 2.59. The molecular formula is C32H33N5O5S. The van der Waals surface area contributed by atoms with Crippen molar-refractivity contribution >= 4 is 50.8 Å². The highest BCUT2D eigenvalue weighted by atomic mass is 32.1. The molecule has 1 saturated heterocycles. The molecule has 0 radical (unpaired) electrons. The van der Waals surface area contributed by atoms with Crippen LogP contribution >= 0.6 is 11.3 Å². The minimum atomic E-state index is -0.907. The Kier molecular flexibility index (Phi) is 8.42. The van der Waals surface area contributed by atoms with E-state index in [0.29, 0.717) is 35.7 Å². The molecule has 0 bridgehead atoms. The molecule has 6 rings (SSSR count). The maximum absolute atomic E-state index is 13.7. The largest absolute Gasteiger partial charge is 0.487 e. The number of allylic oxidation sites excluding steroid dienone is 2. The topological polar surface area (TPSA) is 135 Å². The number of carbonyl (C=O) groups is 3. The van der Waals surface area contributed by atoms with Crippen molar-refractivity contribution in [1.82, 2.24) is 14.9 Å². The first-order valence-electron chi connectivity index (χ1n) is 14.6. The van der Waals surface area contributed by atoms with E-state index < -0.39 is 35.8 Å². The SMILES string of the molecule is COC(=O)[C@H]1C[C@H]2/C=C\CCCCCC(=N)C(=O)N3CC(Oc4cc(-c5ccccn5)nc5ccsc45)C[C@H]3C(=O)N=C12. The number of esters is 1. The van der Waals surface area contributed by atoms with Gasteiger partial charge in [0, 0.05) is 30.3 Å². The predicted octanol–water partition coefficient (Wildman–Crippen LogP) is 5.02. The number of thiophene rings is 1. The number of methoxy groups -OCH3 is 1. The van der Waals surface area contributed by atoms with Gasteiger partial charge in [0.15, 0.2) is 0 Å². The van der Waals surface area contributed by atoms with Gasteiger partial charge >= 0.3 is 5.97 Å². The zero-order valence-electron chi connectivity index (χ0n) is 23.9. The lowest BCUT2D eigenvalue weighted by Crippen LogP contribution is -2.46. The molecule has 2 amide bonds. The quantitative estimate of drug-likeness (QED) is 0.329. The van der Waals surface area contributed by atoms with Crippen LogP contribution in [0.1, 0.15) is 44.9 Å². The zero-order chi connectivity index (χ0) is 29.9. The number of hydrogen-bond acceptors (Lipinski definition) is 9. The molecule has 5 heterocycles. The van der Waals surface area contributed by atoms with Gasteiger partial charge in [0.05, 0.1) is 46.9 Å². The Bertz CT molecular complexity index is 1620. The summed E-state index contributed by atoms with van der Waals surface area (Å²) in [4.78, 5) is 54.7. The number of rotatable bonds is 4. The summed E-state index contributed by atoms with van der Waals surface area (Å²) in [6.07, 6.45) is 9.79. The van der Waals surface area contributed by atoms with E-state index in [2.05, 4.69) is 16.1 Å². The number of carbonyl (C=O) groups excluding carboxylic acids is 3. The molecule has 4 atom stereocenters. The van der Waals surface area contributed by atoms with Crippen LogP contribution in [-0.4, -0.2) is 69.9 Å². The average Bonchev–Trinajstić information content (AvgIpc) is 3.67. The van der Waals surface area contributed by atoms with Crippen LogP contribution in [0.5, 0.6) is 5.75 Å². The first kappa shape index (κ1) is 28.9. The van der Waals surface area contributed by atoms with Gasteiger partial charge in [-0.05, 0) is 55.7 Å². The standard InChI is InChI=1S/C32H33N5O5S/c1-41-32(40)21-15-19-9-5-3-2-4-6-10-22(33)31(39)37-18-20(16-26(37)30(38)36-28(19)21)42-27-17-25(23-11-7-8-13-34-23)35-24-12-14-43-29(24)27/h5,7-9,11-14,17,19-21,26,33H,2-4,6,10,15-16,18H2,1H3/b9-5-,33-22?,36-28?/t19-,20?,21+,26+/m1/s1. The molecule has 0 spiro atoms. The molecule has 2 aliphatic heterocycles. The Morgan fingerprint density at radius 1 is 1.12 bits per heavy atom. The van der Waals surface area contributed by atoms with Gasteiger partial charge in [-0.1, -0.05) is 24.6 Å². The molecule has 10 nitrogen and oxygen atoms in total. The van der Waals surface area contributed by atoms with Crippen molar-refractivity contribution in [1.29, 1.82) is 5.41 Å². The van der Waals surface area contributed by atoms with Crippen molar-refractivity contribution in [3.8, 4) is 17.1 Å². The summed E-state index contributed by atoms with van der Waals surface area (Å²) in [6.45, 7) is 0.139. The molecule has 3 aromatic heterocycles. The summed E-state index contributed by atoms with van der Waals surface area (Å²) < 4.78 is 12.3. The third kappa shape index (κ3) is 5.99. The third-order valence-corrected chi connectivity index (χ3v) is 9.20. The van der Waals surface area contributed by atoms with Crippen LogP contribution in [0.3, 0.4) is 0 Å². The maximum Gasteiger partial charge on any atom is 0.314 e. The van der Waals surface area contributed by atoms with Crippen molar-refractivity contribution in [2.75, 3.05) is 13.7 Å². The number of hydrogen-bond donors (Lipinski definition) is 1. The number of aromatic nitrogens is 2. The molecule has 0 aromatic carbocycles. The van der Waals surface area contributed by atoms with E-state index in [9.17, 15) is 14.4 Å². The lowest BCUT2D eigenvalue weighted by Gasteiger charge is -2.34.